The molecule has 2 heterocycles. The second kappa shape index (κ2) is 8.69. The molecule has 32 heavy (non-hydrogen) atoms. The first-order valence-electron chi connectivity index (χ1n) is 9.96. The van der Waals surface area contributed by atoms with Crippen LogP contribution in [0.4, 0.5) is 5.69 Å². The molecule has 1 aliphatic heterocycles. The second-order valence-electron chi connectivity index (χ2n) is 7.58. The summed E-state index contributed by atoms with van der Waals surface area (Å²) in [5.41, 5.74) is 1.33. The van der Waals surface area contributed by atoms with Crippen molar-refractivity contribution in [2.75, 3.05) is 18.4 Å². The number of hydrogen-bond donors (Lipinski definition) is 2. The third-order valence-electron chi connectivity index (χ3n) is 4.97. The molecule has 0 radical (unpaired) electrons. The quantitative estimate of drug-likeness (QED) is 0.598. The summed E-state index contributed by atoms with van der Waals surface area (Å²) in [5, 5.41) is 6.36. The molecule has 2 unspecified atom stereocenters. The Labute approximate surface area is 184 Å². The molecule has 2 N–H and O–H groups in total. The van der Waals surface area contributed by atoms with Crippen LogP contribution in [0.5, 0.6) is 0 Å². The standard InChI is InChI=1S/C21H22N4O6S/c1-13-11-25(12-14(2)30-13)32(28,29)18-8-6-15(7-9-18)20(26)22-17-5-3-4-16(10-17)19-23-21(27)31-24-19/h3-10,13-14H,11-12H2,1-2H3,(H,22,26)(H,23,24,27). The van der Waals surface area contributed by atoms with Crippen LogP contribution in [0.3, 0.4) is 0 Å². The third kappa shape index (κ3) is 4.64. The van der Waals surface area contributed by atoms with E-state index in [0.29, 0.717) is 16.8 Å². The van der Waals surface area contributed by atoms with Gasteiger partial charge in [0, 0.05) is 29.9 Å². The number of hydrogen-bond acceptors (Lipinski definition) is 7. The molecule has 1 aliphatic rings. The van der Waals surface area contributed by atoms with E-state index < -0.39 is 21.7 Å². The number of anilines is 1. The van der Waals surface area contributed by atoms with E-state index in [1.807, 2.05) is 13.8 Å². The van der Waals surface area contributed by atoms with E-state index in [1.165, 1.54) is 28.6 Å². The molecule has 0 bridgehead atoms. The van der Waals surface area contributed by atoms with Gasteiger partial charge in [0.05, 0.1) is 17.1 Å². The lowest BCUT2D eigenvalue weighted by Crippen LogP contribution is -2.48. The minimum Gasteiger partial charge on any atom is -0.373 e. The molecule has 1 aromatic heterocycles. The van der Waals surface area contributed by atoms with Gasteiger partial charge in [-0.3, -0.25) is 14.3 Å². The topological polar surface area (TPSA) is 135 Å². The number of aromatic nitrogens is 2. The van der Waals surface area contributed by atoms with Crippen LogP contribution >= 0.6 is 0 Å². The second-order valence-corrected chi connectivity index (χ2v) is 9.52. The highest BCUT2D eigenvalue weighted by Gasteiger charge is 2.32. The summed E-state index contributed by atoms with van der Waals surface area (Å²) < 4.78 is 37.4. The SMILES string of the molecule is CC1CN(S(=O)(=O)c2ccc(C(=O)Nc3cccc(-c4noc(=O)[nH]4)c3)cc2)CC(C)O1. The average Bonchev–Trinajstić information content (AvgIpc) is 3.20. The van der Waals surface area contributed by atoms with Gasteiger partial charge in [0.25, 0.3) is 5.91 Å². The molecule has 0 aliphatic carbocycles. The first kappa shape index (κ1) is 21.9. The third-order valence-corrected chi connectivity index (χ3v) is 6.82. The van der Waals surface area contributed by atoms with Crippen LogP contribution in [-0.4, -0.2) is 54.1 Å². The number of amides is 1. The molecule has 0 spiro atoms. The van der Waals surface area contributed by atoms with Crippen LogP contribution in [0.1, 0.15) is 24.2 Å². The molecule has 1 saturated heterocycles. The first-order chi connectivity index (χ1) is 15.2. The number of nitrogens with zero attached hydrogens (tertiary/aromatic N) is 2. The normalized spacial score (nSPS) is 19.6. The van der Waals surface area contributed by atoms with E-state index >= 15 is 0 Å². The monoisotopic (exact) mass is 458 g/mol. The number of H-pyrrole nitrogens is 1. The summed E-state index contributed by atoms with van der Waals surface area (Å²) in [6.07, 6.45) is -0.381. The number of benzene rings is 2. The summed E-state index contributed by atoms with van der Waals surface area (Å²) in [6.45, 7) is 4.23. The summed E-state index contributed by atoms with van der Waals surface area (Å²) in [6, 6.07) is 12.5. The van der Waals surface area contributed by atoms with Crippen molar-refractivity contribution < 1.29 is 22.5 Å². The highest BCUT2D eigenvalue weighted by Crippen LogP contribution is 2.22. The number of aromatic amines is 1. The van der Waals surface area contributed by atoms with Gasteiger partial charge in [-0.25, -0.2) is 13.2 Å². The maximum atomic E-state index is 13.0. The van der Waals surface area contributed by atoms with Gasteiger partial charge in [0.1, 0.15) is 0 Å². The zero-order valence-electron chi connectivity index (χ0n) is 17.4. The lowest BCUT2D eigenvalue weighted by molar-refractivity contribution is -0.0440. The van der Waals surface area contributed by atoms with Gasteiger partial charge in [-0.2, -0.15) is 4.31 Å². The number of carbonyl (C=O) groups is 1. The van der Waals surface area contributed by atoms with E-state index in [1.54, 1.807) is 24.3 Å². The van der Waals surface area contributed by atoms with Gasteiger partial charge >= 0.3 is 5.76 Å². The van der Waals surface area contributed by atoms with Gasteiger partial charge in [-0.05, 0) is 50.2 Å². The maximum Gasteiger partial charge on any atom is 0.439 e. The Morgan fingerprint density at radius 1 is 1.12 bits per heavy atom. The lowest BCUT2D eigenvalue weighted by Gasteiger charge is -2.34. The van der Waals surface area contributed by atoms with Crippen LogP contribution in [0.15, 0.2) is 62.7 Å². The first-order valence-corrected chi connectivity index (χ1v) is 11.4. The minimum absolute atomic E-state index is 0.118. The van der Waals surface area contributed by atoms with E-state index in [2.05, 4.69) is 20.0 Å². The van der Waals surface area contributed by atoms with Crippen molar-refractivity contribution in [1.82, 2.24) is 14.4 Å². The van der Waals surface area contributed by atoms with Crippen molar-refractivity contribution in [3.8, 4) is 11.4 Å². The predicted molar refractivity (Wildman–Crippen MR) is 116 cm³/mol. The van der Waals surface area contributed by atoms with E-state index in [4.69, 9.17) is 4.74 Å². The lowest BCUT2D eigenvalue weighted by atomic mass is 10.1. The summed E-state index contributed by atoms with van der Waals surface area (Å²) in [5.74, 6) is -0.841. The Morgan fingerprint density at radius 2 is 1.81 bits per heavy atom. The molecule has 2 atom stereocenters. The number of morpholine rings is 1. The molecule has 3 aromatic rings. The highest BCUT2D eigenvalue weighted by atomic mass is 32.2. The van der Waals surface area contributed by atoms with Gasteiger partial charge in [-0.1, -0.05) is 17.3 Å². The number of ether oxygens (including phenoxy) is 1. The zero-order chi connectivity index (χ0) is 22.9. The van der Waals surface area contributed by atoms with Crippen LogP contribution < -0.4 is 11.1 Å². The summed E-state index contributed by atoms with van der Waals surface area (Å²) in [7, 11) is -3.69. The maximum absolute atomic E-state index is 13.0. The molecule has 1 amide bonds. The van der Waals surface area contributed by atoms with Crippen molar-refractivity contribution in [3.63, 3.8) is 0 Å². The largest absolute Gasteiger partial charge is 0.439 e. The van der Waals surface area contributed by atoms with Crippen molar-refractivity contribution in [1.29, 1.82) is 0 Å². The van der Waals surface area contributed by atoms with Crippen LogP contribution in [0.2, 0.25) is 0 Å². The number of carbonyl (C=O) groups excluding carboxylic acids is 1. The van der Waals surface area contributed by atoms with Gasteiger partial charge < -0.3 is 10.1 Å². The predicted octanol–water partition coefficient (Wildman–Crippen LogP) is 2.08. The molecular weight excluding hydrogens is 436 g/mol. The Balaban J connectivity index is 1.48. The number of sulfonamides is 1. The summed E-state index contributed by atoms with van der Waals surface area (Å²) in [4.78, 5) is 26.3. The van der Waals surface area contributed by atoms with E-state index in [9.17, 15) is 18.0 Å². The molecule has 2 aromatic carbocycles. The molecule has 10 nitrogen and oxygen atoms in total. The molecule has 0 saturated carbocycles. The van der Waals surface area contributed by atoms with Gasteiger partial charge in [-0.15, -0.1) is 0 Å². The van der Waals surface area contributed by atoms with E-state index in [0.717, 1.165) is 0 Å². The number of nitrogens with one attached hydrogen (secondary N) is 2. The van der Waals surface area contributed by atoms with E-state index in [-0.39, 0.29) is 36.0 Å². The van der Waals surface area contributed by atoms with Crippen LogP contribution in [0, 0.1) is 0 Å². The highest BCUT2D eigenvalue weighted by molar-refractivity contribution is 7.89. The average molecular weight is 458 g/mol. The van der Waals surface area contributed by atoms with Crippen LogP contribution in [-0.2, 0) is 14.8 Å². The Hall–Kier alpha value is -3.28. The number of rotatable bonds is 5. The Bertz CT molecular complexity index is 1270. The van der Waals surface area contributed by atoms with Gasteiger partial charge in [0.15, 0.2) is 5.82 Å². The smallest absolute Gasteiger partial charge is 0.373 e. The zero-order valence-corrected chi connectivity index (χ0v) is 18.3. The molecule has 168 valence electrons. The van der Waals surface area contributed by atoms with Crippen molar-refractivity contribution in [2.45, 2.75) is 31.0 Å². The molecule has 4 rings (SSSR count). The van der Waals surface area contributed by atoms with Crippen molar-refractivity contribution in [3.05, 3.63) is 64.6 Å². The fourth-order valence-corrected chi connectivity index (χ4v) is 5.15. The Kier molecular flexibility index (Phi) is 5.96. The molecule has 11 heteroatoms. The minimum atomic E-state index is -3.69. The van der Waals surface area contributed by atoms with Crippen molar-refractivity contribution >= 4 is 21.6 Å². The van der Waals surface area contributed by atoms with Crippen molar-refractivity contribution in [2.24, 2.45) is 0 Å². The fraction of sp³-hybridized carbons (Fsp3) is 0.286. The Morgan fingerprint density at radius 3 is 2.44 bits per heavy atom. The van der Waals surface area contributed by atoms with Crippen LogP contribution in [0.25, 0.3) is 11.4 Å². The molecular formula is C21H22N4O6S. The molecule has 1 fully saturated rings. The fourth-order valence-electron chi connectivity index (χ4n) is 3.56. The summed E-state index contributed by atoms with van der Waals surface area (Å²) >= 11 is 0. The van der Waals surface area contributed by atoms with Gasteiger partial charge in [0.2, 0.25) is 10.0 Å².